The minimum absolute atomic E-state index is 0.686. The van der Waals surface area contributed by atoms with Crippen LogP contribution in [0.3, 0.4) is 0 Å². The maximum absolute atomic E-state index is 3.55. The predicted molar refractivity (Wildman–Crippen MR) is 62.0 cm³/mol. The van der Waals surface area contributed by atoms with Gasteiger partial charge in [0, 0.05) is 12.2 Å². The Bertz CT molecular complexity index is 354. The quantitative estimate of drug-likeness (QED) is 0.659. The van der Waals surface area contributed by atoms with Gasteiger partial charge in [-0.15, -0.1) is 0 Å². The topological polar surface area (TPSA) is 12.0 Å². The van der Waals surface area contributed by atoms with Gasteiger partial charge in [0.15, 0.2) is 0 Å². The highest BCUT2D eigenvalue weighted by Crippen LogP contribution is 2.38. The van der Waals surface area contributed by atoms with Crippen molar-refractivity contribution < 1.29 is 0 Å². The van der Waals surface area contributed by atoms with E-state index in [1.54, 1.807) is 0 Å². The van der Waals surface area contributed by atoms with Crippen LogP contribution in [0.15, 0.2) is 12.1 Å². The van der Waals surface area contributed by atoms with Crippen molar-refractivity contribution in [3.63, 3.8) is 0 Å². The van der Waals surface area contributed by atoms with Crippen molar-refractivity contribution in [2.24, 2.45) is 5.92 Å². The smallest absolute Gasteiger partial charge is 0.0408 e. The van der Waals surface area contributed by atoms with Crippen LogP contribution in [-0.4, -0.2) is 6.54 Å². The summed E-state index contributed by atoms with van der Waals surface area (Å²) in [6, 6.07) is 4.45. The predicted octanol–water partition coefficient (Wildman–Crippen LogP) is 3.47. The first-order valence-corrected chi connectivity index (χ1v) is 5.45. The van der Waals surface area contributed by atoms with E-state index in [1.165, 1.54) is 22.4 Å². The second kappa shape index (κ2) is 3.30. The Morgan fingerprint density at radius 1 is 1.14 bits per heavy atom. The van der Waals surface area contributed by atoms with E-state index in [1.807, 2.05) is 0 Å². The van der Waals surface area contributed by atoms with Crippen LogP contribution in [0.1, 0.15) is 36.5 Å². The lowest BCUT2D eigenvalue weighted by Crippen LogP contribution is -2.25. The van der Waals surface area contributed by atoms with Gasteiger partial charge in [-0.2, -0.15) is 0 Å². The summed E-state index contributed by atoms with van der Waals surface area (Å²) < 4.78 is 0. The summed E-state index contributed by atoms with van der Waals surface area (Å²) in [5.41, 5.74) is 5.72. The number of aryl methyl sites for hydroxylation is 2. The summed E-state index contributed by atoms with van der Waals surface area (Å²) in [4.78, 5) is 0. The van der Waals surface area contributed by atoms with E-state index in [0.717, 1.165) is 12.5 Å². The molecule has 0 amide bonds. The fourth-order valence-corrected chi connectivity index (χ4v) is 2.38. The molecule has 0 bridgehead atoms. The Morgan fingerprint density at radius 2 is 1.79 bits per heavy atom. The number of fused-ring (bicyclic) bond motifs is 1. The number of hydrogen-bond donors (Lipinski definition) is 1. The molecule has 0 spiro atoms. The van der Waals surface area contributed by atoms with Crippen LogP contribution in [0.5, 0.6) is 0 Å². The van der Waals surface area contributed by atoms with E-state index in [4.69, 9.17) is 0 Å². The van der Waals surface area contributed by atoms with Gasteiger partial charge in [-0.3, -0.25) is 0 Å². The lowest BCUT2D eigenvalue weighted by molar-refractivity contribution is 0.495. The third-order valence-corrected chi connectivity index (χ3v) is 3.58. The van der Waals surface area contributed by atoms with Gasteiger partial charge in [0.05, 0.1) is 0 Å². The van der Waals surface area contributed by atoms with Crippen molar-refractivity contribution in [3.8, 4) is 0 Å². The lowest BCUT2D eigenvalue weighted by Gasteiger charge is -2.32. The highest BCUT2D eigenvalue weighted by atomic mass is 14.9. The monoisotopic (exact) mass is 189 g/mol. The zero-order valence-corrected chi connectivity index (χ0v) is 9.52. The molecule has 76 valence electrons. The normalized spacial score (nSPS) is 25.4. The first kappa shape index (κ1) is 9.57. The second-order valence-corrected chi connectivity index (χ2v) is 4.63. The van der Waals surface area contributed by atoms with Crippen molar-refractivity contribution in [3.05, 3.63) is 28.8 Å². The molecule has 1 heteroatoms. The zero-order valence-electron chi connectivity index (χ0n) is 9.52. The molecule has 2 unspecified atom stereocenters. The molecule has 2 rings (SSSR count). The molecule has 1 aromatic rings. The first-order chi connectivity index (χ1) is 6.61. The van der Waals surface area contributed by atoms with Crippen LogP contribution in [0.2, 0.25) is 0 Å². The van der Waals surface area contributed by atoms with Crippen LogP contribution in [0.25, 0.3) is 0 Å². The van der Waals surface area contributed by atoms with E-state index in [9.17, 15) is 0 Å². The van der Waals surface area contributed by atoms with Crippen LogP contribution in [-0.2, 0) is 0 Å². The number of anilines is 1. The van der Waals surface area contributed by atoms with Gasteiger partial charge in [0.2, 0.25) is 0 Å². The van der Waals surface area contributed by atoms with Gasteiger partial charge < -0.3 is 5.32 Å². The third kappa shape index (κ3) is 1.31. The Morgan fingerprint density at radius 3 is 2.50 bits per heavy atom. The fraction of sp³-hybridized carbons (Fsp3) is 0.538. The van der Waals surface area contributed by atoms with Gasteiger partial charge in [-0.25, -0.2) is 0 Å². The van der Waals surface area contributed by atoms with E-state index in [-0.39, 0.29) is 0 Å². The largest absolute Gasteiger partial charge is 0.384 e. The Balaban J connectivity index is 2.58. The Kier molecular flexibility index (Phi) is 2.26. The highest BCUT2D eigenvalue weighted by Gasteiger charge is 2.24. The van der Waals surface area contributed by atoms with Gasteiger partial charge in [-0.05, 0) is 42.4 Å². The average Bonchev–Trinajstić information content (AvgIpc) is 2.16. The molecule has 0 aromatic heterocycles. The molecular weight excluding hydrogens is 170 g/mol. The minimum Gasteiger partial charge on any atom is -0.384 e. The lowest BCUT2D eigenvalue weighted by atomic mass is 9.81. The number of nitrogens with one attached hydrogen (secondary N) is 1. The number of benzene rings is 1. The van der Waals surface area contributed by atoms with Gasteiger partial charge >= 0.3 is 0 Å². The highest BCUT2D eigenvalue weighted by molar-refractivity contribution is 5.63. The number of rotatable bonds is 0. The Hall–Kier alpha value is -0.980. The van der Waals surface area contributed by atoms with Crippen molar-refractivity contribution in [2.75, 3.05) is 11.9 Å². The van der Waals surface area contributed by atoms with Crippen LogP contribution in [0.4, 0.5) is 5.69 Å². The van der Waals surface area contributed by atoms with Crippen LogP contribution in [0, 0.1) is 19.8 Å². The molecule has 0 fully saturated rings. The molecule has 1 aliphatic rings. The molecule has 1 nitrogen and oxygen atoms in total. The SMILES string of the molecule is Cc1ccc(C)c2c1NCC(C)C2C. The number of hydrogen-bond acceptors (Lipinski definition) is 1. The Labute approximate surface area is 86.5 Å². The molecule has 0 radical (unpaired) electrons. The summed E-state index contributed by atoms with van der Waals surface area (Å²) in [5, 5.41) is 3.55. The zero-order chi connectivity index (χ0) is 10.3. The van der Waals surface area contributed by atoms with Crippen molar-refractivity contribution in [1.29, 1.82) is 0 Å². The van der Waals surface area contributed by atoms with Gasteiger partial charge in [0.1, 0.15) is 0 Å². The molecule has 14 heavy (non-hydrogen) atoms. The molecule has 1 aliphatic heterocycles. The summed E-state index contributed by atoms with van der Waals surface area (Å²) in [5.74, 6) is 1.43. The van der Waals surface area contributed by atoms with Gasteiger partial charge in [-0.1, -0.05) is 26.0 Å². The third-order valence-electron chi connectivity index (χ3n) is 3.58. The van der Waals surface area contributed by atoms with Crippen molar-refractivity contribution >= 4 is 5.69 Å². The average molecular weight is 189 g/mol. The summed E-state index contributed by atoms with van der Waals surface area (Å²) >= 11 is 0. The maximum atomic E-state index is 3.55. The maximum Gasteiger partial charge on any atom is 0.0408 e. The second-order valence-electron chi connectivity index (χ2n) is 4.63. The summed E-state index contributed by atoms with van der Waals surface area (Å²) in [6.07, 6.45) is 0. The molecule has 1 aromatic carbocycles. The van der Waals surface area contributed by atoms with Gasteiger partial charge in [0.25, 0.3) is 0 Å². The summed E-state index contributed by atoms with van der Waals surface area (Å²) in [6.45, 7) is 10.2. The van der Waals surface area contributed by atoms with E-state index < -0.39 is 0 Å². The fourth-order valence-electron chi connectivity index (χ4n) is 2.38. The standard InChI is InChI=1S/C13H19N/c1-8-5-6-9(2)13-12(8)11(4)10(3)7-14-13/h5-6,10-11,14H,7H2,1-4H3. The van der Waals surface area contributed by atoms with Crippen molar-refractivity contribution in [1.82, 2.24) is 0 Å². The minimum atomic E-state index is 0.686. The molecular formula is C13H19N. The molecule has 2 atom stereocenters. The van der Waals surface area contributed by atoms with Crippen LogP contribution < -0.4 is 5.32 Å². The van der Waals surface area contributed by atoms with Crippen LogP contribution >= 0.6 is 0 Å². The molecule has 0 saturated carbocycles. The first-order valence-electron chi connectivity index (χ1n) is 5.45. The summed E-state index contributed by atoms with van der Waals surface area (Å²) in [7, 11) is 0. The van der Waals surface area contributed by atoms with E-state index in [0.29, 0.717) is 5.92 Å². The molecule has 0 saturated heterocycles. The van der Waals surface area contributed by atoms with Crippen molar-refractivity contribution in [2.45, 2.75) is 33.6 Å². The molecule has 0 aliphatic carbocycles. The van der Waals surface area contributed by atoms with E-state index >= 15 is 0 Å². The van der Waals surface area contributed by atoms with E-state index in [2.05, 4.69) is 45.1 Å². The molecule has 1 heterocycles. The molecule has 1 N–H and O–H groups in total.